The Morgan fingerprint density at radius 2 is 1.88 bits per heavy atom. The van der Waals surface area contributed by atoms with Crippen LogP contribution in [0.15, 0.2) is 18.2 Å². The molecule has 88 valence electrons. The zero-order chi connectivity index (χ0) is 11.5. The average molecular weight is 242 g/mol. The Bertz CT molecular complexity index is 341. The lowest BCUT2D eigenvalue weighted by Gasteiger charge is -2.27. The molecule has 0 aromatic heterocycles. The summed E-state index contributed by atoms with van der Waals surface area (Å²) in [5.74, 6) is 0.181. The van der Waals surface area contributed by atoms with Gasteiger partial charge in [0.15, 0.2) is 0 Å². The van der Waals surface area contributed by atoms with E-state index in [1.165, 1.54) is 31.4 Å². The molecule has 3 heteroatoms. The normalized spacial score (nSPS) is 19.7. The van der Waals surface area contributed by atoms with Gasteiger partial charge in [-0.3, -0.25) is 0 Å². The molecule has 0 unspecified atom stereocenters. The number of hydrogen-bond acceptors (Lipinski definition) is 1. The van der Waals surface area contributed by atoms with Gasteiger partial charge in [-0.05, 0) is 42.5 Å². The van der Waals surface area contributed by atoms with Crippen LogP contribution in [0.5, 0.6) is 0 Å². The van der Waals surface area contributed by atoms with E-state index in [1.54, 1.807) is 6.07 Å². The Morgan fingerprint density at radius 3 is 2.50 bits per heavy atom. The Morgan fingerprint density at radius 1 is 1.19 bits per heavy atom. The molecule has 0 aliphatic heterocycles. The van der Waals surface area contributed by atoms with Gasteiger partial charge in [-0.25, -0.2) is 4.39 Å². The quantitative estimate of drug-likeness (QED) is 0.830. The van der Waals surface area contributed by atoms with Crippen molar-refractivity contribution in [3.8, 4) is 0 Å². The van der Waals surface area contributed by atoms with Gasteiger partial charge in [0.25, 0.3) is 0 Å². The van der Waals surface area contributed by atoms with E-state index < -0.39 is 0 Å². The SMILES string of the molecule is N[C@H](c1cc(F)cc(Cl)c1)C1CCCCC1. The molecule has 0 spiro atoms. The molecule has 1 atom stereocenters. The highest BCUT2D eigenvalue weighted by Gasteiger charge is 2.22. The monoisotopic (exact) mass is 241 g/mol. The van der Waals surface area contributed by atoms with Crippen LogP contribution in [-0.2, 0) is 0 Å². The average Bonchev–Trinajstić information content (AvgIpc) is 2.28. The third-order valence-electron chi connectivity index (χ3n) is 3.43. The molecule has 1 saturated carbocycles. The first kappa shape index (κ1) is 11.9. The summed E-state index contributed by atoms with van der Waals surface area (Å²) in [6, 6.07) is 4.53. The van der Waals surface area contributed by atoms with Crippen molar-refractivity contribution in [3.63, 3.8) is 0 Å². The molecular formula is C13H17ClFN. The second-order valence-corrected chi connectivity index (χ2v) is 5.06. The van der Waals surface area contributed by atoms with Crippen LogP contribution in [0.25, 0.3) is 0 Å². The first-order valence-corrected chi connectivity index (χ1v) is 6.26. The summed E-state index contributed by atoms with van der Waals surface area (Å²) < 4.78 is 13.2. The van der Waals surface area contributed by atoms with Crippen molar-refractivity contribution in [3.05, 3.63) is 34.6 Å². The van der Waals surface area contributed by atoms with Gasteiger partial charge < -0.3 is 5.73 Å². The number of rotatable bonds is 2. The van der Waals surface area contributed by atoms with E-state index in [9.17, 15) is 4.39 Å². The fraction of sp³-hybridized carbons (Fsp3) is 0.538. The van der Waals surface area contributed by atoms with Crippen LogP contribution in [0, 0.1) is 11.7 Å². The summed E-state index contributed by atoms with van der Waals surface area (Å²) in [5.41, 5.74) is 7.01. The maximum atomic E-state index is 13.2. The molecule has 0 radical (unpaired) electrons. The van der Waals surface area contributed by atoms with Crippen molar-refractivity contribution >= 4 is 11.6 Å². The van der Waals surface area contributed by atoms with Gasteiger partial charge >= 0.3 is 0 Å². The highest BCUT2D eigenvalue weighted by atomic mass is 35.5. The highest BCUT2D eigenvalue weighted by Crippen LogP contribution is 2.33. The molecule has 2 rings (SSSR count). The van der Waals surface area contributed by atoms with Crippen molar-refractivity contribution in [1.82, 2.24) is 0 Å². The standard InChI is InChI=1S/C13H17ClFN/c14-11-6-10(7-12(15)8-11)13(16)9-4-2-1-3-5-9/h6-9,13H,1-5,16H2/t13-/m0/s1. The summed E-state index contributed by atoms with van der Waals surface area (Å²) in [6.07, 6.45) is 6.07. The fourth-order valence-corrected chi connectivity index (χ4v) is 2.76. The van der Waals surface area contributed by atoms with E-state index in [2.05, 4.69) is 0 Å². The van der Waals surface area contributed by atoms with E-state index in [0.717, 1.165) is 18.4 Å². The minimum atomic E-state index is -0.297. The second-order valence-electron chi connectivity index (χ2n) is 4.63. The summed E-state index contributed by atoms with van der Waals surface area (Å²) >= 11 is 5.84. The van der Waals surface area contributed by atoms with Crippen molar-refractivity contribution in [2.75, 3.05) is 0 Å². The third-order valence-corrected chi connectivity index (χ3v) is 3.65. The second kappa shape index (κ2) is 5.15. The van der Waals surface area contributed by atoms with Gasteiger partial charge in [0.1, 0.15) is 5.82 Å². The van der Waals surface area contributed by atoms with Crippen LogP contribution in [0.4, 0.5) is 4.39 Å². The minimum Gasteiger partial charge on any atom is -0.324 e. The maximum Gasteiger partial charge on any atom is 0.125 e. The van der Waals surface area contributed by atoms with Crippen LogP contribution in [0.1, 0.15) is 43.7 Å². The lowest BCUT2D eigenvalue weighted by Crippen LogP contribution is -2.23. The summed E-state index contributed by atoms with van der Waals surface area (Å²) in [7, 11) is 0. The molecule has 16 heavy (non-hydrogen) atoms. The van der Waals surface area contributed by atoms with E-state index in [4.69, 9.17) is 17.3 Å². The van der Waals surface area contributed by atoms with Crippen LogP contribution >= 0.6 is 11.6 Å². The van der Waals surface area contributed by atoms with Crippen molar-refractivity contribution in [2.24, 2.45) is 11.7 Å². The lowest BCUT2D eigenvalue weighted by atomic mass is 9.81. The van der Waals surface area contributed by atoms with Gasteiger partial charge in [-0.15, -0.1) is 0 Å². The Kier molecular flexibility index (Phi) is 3.82. The van der Waals surface area contributed by atoms with Crippen molar-refractivity contribution in [2.45, 2.75) is 38.1 Å². The van der Waals surface area contributed by atoms with E-state index in [-0.39, 0.29) is 11.9 Å². The minimum absolute atomic E-state index is 0.0755. The molecule has 1 aliphatic rings. The molecular weight excluding hydrogens is 225 g/mol. The third kappa shape index (κ3) is 2.74. The highest BCUT2D eigenvalue weighted by molar-refractivity contribution is 6.30. The number of nitrogens with two attached hydrogens (primary N) is 1. The first-order chi connectivity index (χ1) is 7.66. The number of halogens is 2. The summed E-state index contributed by atoms with van der Waals surface area (Å²) in [4.78, 5) is 0. The molecule has 1 fully saturated rings. The predicted molar refractivity (Wildman–Crippen MR) is 64.9 cm³/mol. The Hall–Kier alpha value is -0.600. The molecule has 0 saturated heterocycles. The predicted octanol–water partition coefficient (Wildman–Crippen LogP) is 4.06. The molecule has 1 aromatic carbocycles. The summed E-state index contributed by atoms with van der Waals surface area (Å²) in [5, 5.41) is 0.432. The molecule has 0 amide bonds. The Labute approximate surface area is 101 Å². The molecule has 0 heterocycles. The van der Waals surface area contributed by atoms with Crippen LogP contribution < -0.4 is 5.73 Å². The fourth-order valence-electron chi connectivity index (χ4n) is 2.53. The van der Waals surface area contributed by atoms with Gasteiger partial charge in [-0.2, -0.15) is 0 Å². The molecule has 0 bridgehead atoms. The van der Waals surface area contributed by atoms with E-state index in [1.807, 2.05) is 0 Å². The number of benzene rings is 1. The maximum absolute atomic E-state index is 13.2. The van der Waals surface area contributed by atoms with E-state index >= 15 is 0 Å². The van der Waals surface area contributed by atoms with Crippen molar-refractivity contribution in [1.29, 1.82) is 0 Å². The Balaban J connectivity index is 2.15. The molecule has 1 aliphatic carbocycles. The topological polar surface area (TPSA) is 26.0 Å². The number of hydrogen-bond donors (Lipinski definition) is 1. The van der Waals surface area contributed by atoms with Gasteiger partial charge in [0, 0.05) is 11.1 Å². The van der Waals surface area contributed by atoms with Crippen LogP contribution in [0.2, 0.25) is 5.02 Å². The zero-order valence-electron chi connectivity index (χ0n) is 9.26. The van der Waals surface area contributed by atoms with Gasteiger partial charge in [0.2, 0.25) is 0 Å². The molecule has 2 N–H and O–H groups in total. The van der Waals surface area contributed by atoms with Crippen molar-refractivity contribution < 1.29 is 4.39 Å². The largest absolute Gasteiger partial charge is 0.324 e. The molecule has 1 nitrogen and oxygen atoms in total. The zero-order valence-corrected chi connectivity index (χ0v) is 10.0. The molecule has 1 aromatic rings. The van der Waals surface area contributed by atoms with Crippen LogP contribution in [-0.4, -0.2) is 0 Å². The summed E-state index contributed by atoms with van der Waals surface area (Å²) in [6.45, 7) is 0. The smallest absolute Gasteiger partial charge is 0.125 e. The van der Waals surface area contributed by atoms with Gasteiger partial charge in [-0.1, -0.05) is 30.9 Å². The van der Waals surface area contributed by atoms with Gasteiger partial charge in [0.05, 0.1) is 0 Å². The van der Waals surface area contributed by atoms with Crippen LogP contribution in [0.3, 0.4) is 0 Å². The first-order valence-electron chi connectivity index (χ1n) is 5.88. The lowest BCUT2D eigenvalue weighted by molar-refractivity contribution is 0.308. The van der Waals surface area contributed by atoms with E-state index in [0.29, 0.717) is 10.9 Å².